The molecule has 0 aliphatic carbocycles. The number of hydrogen-bond acceptors (Lipinski definition) is 6. The summed E-state index contributed by atoms with van der Waals surface area (Å²) in [6, 6.07) is 21.7. The number of phenols is 1. The van der Waals surface area contributed by atoms with E-state index >= 15 is 0 Å². The maximum Gasteiger partial charge on any atom is 0.331 e. The van der Waals surface area contributed by atoms with Gasteiger partial charge in [-0.3, -0.25) is 0 Å². The molecule has 0 bridgehead atoms. The lowest BCUT2D eigenvalue weighted by Crippen LogP contribution is -2.29. The third kappa shape index (κ3) is 5.36. The van der Waals surface area contributed by atoms with E-state index in [4.69, 9.17) is 4.18 Å². The van der Waals surface area contributed by atoms with Crippen LogP contribution < -0.4 is 4.18 Å². The molecule has 1 unspecified atom stereocenters. The van der Waals surface area contributed by atoms with E-state index in [1.807, 2.05) is 6.07 Å². The fourth-order valence-corrected chi connectivity index (χ4v) is 6.96. The summed E-state index contributed by atoms with van der Waals surface area (Å²) in [5.74, 6) is -0.499. The van der Waals surface area contributed by atoms with E-state index in [2.05, 4.69) is 0 Å². The van der Waals surface area contributed by atoms with Gasteiger partial charge in [0.2, 0.25) is 4.58 Å². The summed E-state index contributed by atoms with van der Waals surface area (Å²) in [7, 11) is -8.69. The highest BCUT2D eigenvalue weighted by molar-refractivity contribution is 8.06. The Balaban J connectivity index is 1.94. The van der Waals surface area contributed by atoms with Crippen molar-refractivity contribution in [1.29, 1.82) is 0 Å². The van der Waals surface area contributed by atoms with Crippen LogP contribution in [0.25, 0.3) is 0 Å². The normalized spacial score (nSPS) is 13.0. The standard InChI is InChI=1S/C21H20O6S2/c22-19-11-13-20(14-12-19)27-29(25,26)21(18-9-5-2-6-10-18)28(23,24)16-15-17-7-3-1-4-8-17/h1-14,21-22H,15-16H2. The Kier molecular flexibility index (Phi) is 6.24. The Morgan fingerprint density at radius 3 is 1.90 bits per heavy atom. The molecule has 0 fully saturated rings. The fraction of sp³-hybridized carbons (Fsp3) is 0.143. The van der Waals surface area contributed by atoms with Crippen LogP contribution in [-0.4, -0.2) is 27.7 Å². The predicted molar refractivity (Wildman–Crippen MR) is 111 cm³/mol. The quantitative estimate of drug-likeness (QED) is 0.548. The molecule has 0 radical (unpaired) electrons. The van der Waals surface area contributed by atoms with Gasteiger partial charge < -0.3 is 9.29 Å². The van der Waals surface area contributed by atoms with Gasteiger partial charge in [0.05, 0.1) is 5.75 Å². The summed E-state index contributed by atoms with van der Waals surface area (Å²) in [4.78, 5) is 0. The molecule has 0 amide bonds. The summed E-state index contributed by atoms with van der Waals surface area (Å²) in [5, 5.41) is 9.35. The molecule has 0 aliphatic heterocycles. The molecule has 3 rings (SSSR count). The van der Waals surface area contributed by atoms with Crippen LogP contribution in [0.15, 0.2) is 84.9 Å². The van der Waals surface area contributed by atoms with Crippen LogP contribution in [-0.2, 0) is 26.4 Å². The number of sulfone groups is 1. The first kappa shape index (κ1) is 20.9. The van der Waals surface area contributed by atoms with E-state index in [9.17, 15) is 21.9 Å². The van der Waals surface area contributed by atoms with Gasteiger partial charge in [-0.25, -0.2) is 8.42 Å². The van der Waals surface area contributed by atoms with Crippen LogP contribution >= 0.6 is 0 Å². The van der Waals surface area contributed by atoms with Gasteiger partial charge >= 0.3 is 10.1 Å². The van der Waals surface area contributed by atoms with Gasteiger partial charge in [-0.05, 0) is 41.8 Å². The summed E-state index contributed by atoms with van der Waals surface area (Å²) in [6.07, 6.45) is 0.182. The van der Waals surface area contributed by atoms with Gasteiger partial charge in [0, 0.05) is 0 Å². The first-order valence-electron chi connectivity index (χ1n) is 8.81. The largest absolute Gasteiger partial charge is 0.508 e. The highest BCUT2D eigenvalue weighted by Crippen LogP contribution is 2.32. The van der Waals surface area contributed by atoms with E-state index in [1.165, 1.54) is 36.4 Å². The van der Waals surface area contributed by atoms with Crippen LogP contribution in [0.3, 0.4) is 0 Å². The zero-order valence-corrected chi connectivity index (χ0v) is 17.0. The molecule has 6 nitrogen and oxygen atoms in total. The van der Waals surface area contributed by atoms with Crippen molar-refractivity contribution in [3.8, 4) is 11.5 Å². The molecule has 29 heavy (non-hydrogen) atoms. The van der Waals surface area contributed by atoms with E-state index in [0.717, 1.165) is 5.56 Å². The molecule has 0 heterocycles. The molecule has 0 spiro atoms. The van der Waals surface area contributed by atoms with Crippen molar-refractivity contribution in [3.63, 3.8) is 0 Å². The molecule has 3 aromatic rings. The van der Waals surface area contributed by atoms with Crippen LogP contribution in [0.1, 0.15) is 15.7 Å². The van der Waals surface area contributed by atoms with Gasteiger partial charge in [-0.1, -0.05) is 60.7 Å². The molecule has 8 heteroatoms. The Labute approximate surface area is 170 Å². The molecule has 0 saturated carbocycles. The lowest BCUT2D eigenvalue weighted by molar-refractivity contribution is 0.467. The van der Waals surface area contributed by atoms with E-state index in [1.54, 1.807) is 42.5 Å². The van der Waals surface area contributed by atoms with Gasteiger partial charge in [0.25, 0.3) is 0 Å². The molecule has 152 valence electrons. The summed E-state index contributed by atoms with van der Waals surface area (Å²) in [5.41, 5.74) is 0.902. The lowest BCUT2D eigenvalue weighted by atomic mass is 10.2. The Hall–Kier alpha value is -2.84. The van der Waals surface area contributed by atoms with Gasteiger partial charge in [-0.15, -0.1) is 0 Å². The van der Waals surface area contributed by atoms with Gasteiger partial charge in [0.15, 0.2) is 9.84 Å². The summed E-state index contributed by atoms with van der Waals surface area (Å²) >= 11 is 0. The lowest BCUT2D eigenvalue weighted by Gasteiger charge is -2.19. The average Bonchev–Trinajstić information content (AvgIpc) is 2.69. The third-order valence-corrected chi connectivity index (χ3v) is 8.73. The van der Waals surface area contributed by atoms with E-state index in [0.29, 0.717) is 0 Å². The van der Waals surface area contributed by atoms with Crippen LogP contribution in [0, 0.1) is 0 Å². The summed E-state index contributed by atoms with van der Waals surface area (Å²) in [6.45, 7) is 0. The van der Waals surface area contributed by atoms with Crippen molar-refractivity contribution in [2.24, 2.45) is 0 Å². The fourth-order valence-electron chi connectivity index (χ4n) is 2.86. The van der Waals surface area contributed by atoms with Crippen molar-refractivity contribution in [1.82, 2.24) is 0 Å². The highest BCUT2D eigenvalue weighted by Gasteiger charge is 2.40. The van der Waals surface area contributed by atoms with Crippen molar-refractivity contribution >= 4 is 20.0 Å². The molecule has 1 atom stereocenters. The first-order valence-corrected chi connectivity index (χ1v) is 12.0. The Morgan fingerprint density at radius 1 is 0.759 bits per heavy atom. The maximum absolute atomic E-state index is 13.1. The second-order valence-electron chi connectivity index (χ2n) is 6.42. The minimum atomic E-state index is -4.57. The Bertz CT molecular complexity index is 1140. The zero-order chi connectivity index (χ0) is 20.9. The zero-order valence-electron chi connectivity index (χ0n) is 15.4. The van der Waals surface area contributed by atoms with Crippen LogP contribution in [0.5, 0.6) is 11.5 Å². The number of aryl methyl sites for hydroxylation is 1. The smallest absolute Gasteiger partial charge is 0.331 e. The molecule has 1 N–H and O–H groups in total. The minimum Gasteiger partial charge on any atom is -0.508 e. The van der Waals surface area contributed by atoms with Crippen molar-refractivity contribution in [2.75, 3.05) is 5.75 Å². The van der Waals surface area contributed by atoms with Crippen LogP contribution in [0.2, 0.25) is 0 Å². The van der Waals surface area contributed by atoms with E-state index in [-0.39, 0.29) is 29.2 Å². The van der Waals surface area contributed by atoms with Gasteiger partial charge in [0.1, 0.15) is 11.5 Å². The number of benzene rings is 3. The van der Waals surface area contributed by atoms with Crippen molar-refractivity contribution in [3.05, 3.63) is 96.1 Å². The van der Waals surface area contributed by atoms with Crippen molar-refractivity contribution in [2.45, 2.75) is 11.0 Å². The number of hydrogen-bond donors (Lipinski definition) is 1. The average molecular weight is 433 g/mol. The predicted octanol–water partition coefficient (Wildman–Crippen LogP) is 3.46. The van der Waals surface area contributed by atoms with Gasteiger partial charge in [-0.2, -0.15) is 8.42 Å². The number of rotatable bonds is 8. The molecule has 0 aliphatic rings. The maximum atomic E-state index is 13.1. The van der Waals surface area contributed by atoms with Crippen molar-refractivity contribution < 1.29 is 26.1 Å². The molecule has 0 saturated heterocycles. The third-order valence-electron chi connectivity index (χ3n) is 4.23. The number of phenolic OH excluding ortho intramolecular Hbond substituents is 1. The van der Waals surface area contributed by atoms with Crippen LogP contribution in [0.4, 0.5) is 0 Å². The molecule has 3 aromatic carbocycles. The molecule has 0 aromatic heterocycles. The number of aromatic hydroxyl groups is 1. The van der Waals surface area contributed by atoms with E-state index < -0.39 is 24.5 Å². The first-order chi connectivity index (χ1) is 13.8. The summed E-state index contributed by atoms with van der Waals surface area (Å²) < 4.78 is 55.4. The topological polar surface area (TPSA) is 97.7 Å². The second-order valence-corrected chi connectivity index (χ2v) is 10.5. The highest BCUT2D eigenvalue weighted by atomic mass is 32.3. The monoisotopic (exact) mass is 432 g/mol. The Morgan fingerprint density at radius 2 is 1.31 bits per heavy atom. The second kappa shape index (κ2) is 8.67. The molecular weight excluding hydrogens is 412 g/mol. The SMILES string of the molecule is O=S(=O)(CCc1ccccc1)C(c1ccccc1)S(=O)(=O)Oc1ccc(O)cc1. The molecular formula is C21H20O6S2. The minimum absolute atomic E-state index is 0.0650.